The first-order valence-electron chi connectivity index (χ1n) is 4.01. The molecule has 2 heterocycles. The maximum absolute atomic E-state index is 11.3. The van der Waals surface area contributed by atoms with Crippen molar-refractivity contribution >= 4 is 27.5 Å². The molecule has 0 spiro atoms. The van der Waals surface area contributed by atoms with E-state index in [-0.39, 0.29) is 5.97 Å². The van der Waals surface area contributed by atoms with Gasteiger partial charge in [-0.25, -0.2) is 14.8 Å². The number of carbonyl (C=O) groups excluding carboxylic acids is 1. The number of esters is 1. The molecular formula is C9H8N2O2S. The van der Waals surface area contributed by atoms with Crippen LogP contribution < -0.4 is 0 Å². The quantitative estimate of drug-likeness (QED) is 0.670. The molecule has 0 bridgehead atoms. The summed E-state index contributed by atoms with van der Waals surface area (Å²) < 4.78 is 4.67. The molecule has 0 aliphatic rings. The summed E-state index contributed by atoms with van der Waals surface area (Å²) in [5.41, 5.74) is 0.887. The van der Waals surface area contributed by atoms with Crippen LogP contribution in [0, 0.1) is 6.92 Å². The second-order valence-electron chi connectivity index (χ2n) is 2.79. The second kappa shape index (κ2) is 3.34. The first-order valence-corrected chi connectivity index (χ1v) is 4.83. The number of thiophene rings is 1. The first-order chi connectivity index (χ1) is 6.74. The number of aromatic nitrogens is 2. The van der Waals surface area contributed by atoms with Crippen LogP contribution in [0.4, 0.5) is 0 Å². The Morgan fingerprint density at radius 3 is 3.00 bits per heavy atom. The number of ether oxygens (including phenoxy) is 1. The molecule has 2 rings (SSSR count). The van der Waals surface area contributed by atoms with Gasteiger partial charge in [-0.05, 0) is 12.5 Å². The summed E-state index contributed by atoms with van der Waals surface area (Å²) >= 11 is 1.33. The van der Waals surface area contributed by atoms with Gasteiger partial charge in [0.15, 0.2) is 0 Å². The molecule has 0 aromatic carbocycles. The second-order valence-corrected chi connectivity index (χ2v) is 3.79. The molecule has 0 saturated carbocycles. The molecule has 2 aromatic rings. The Balaban J connectivity index is 2.68. The molecule has 4 nitrogen and oxygen atoms in total. The number of methoxy groups -OCH3 is 1. The standard InChI is InChI=1S/C9H8N2O2S/c1-5-6-3-10-4-11-8(6)14-7(5)9(12)13-2/h3-4H,1-2H3. The van der Waals surface area contributed by atoms with Crippen molar-refractivity contribution < 1.29 is 9.53 Å². The number of carbonyl (C=O) groups is 1. The van der Waals surface area contributed by atoms with Gasteiger partial charge in [-0.1, -0.05) is 0 Å². The molecule has 0 radical (unpaired) electrons. The molecule has 0 saturated heterocycles. The molecule has 0 fully saturated rings. The van der Waals surface area contributed by atoms with Crippen molar-refractivity contribution in [3.05, 3.63) is 23.0 Å². The van der Waals surface area contributed by atoms with E-state index < -0.39 is 0 Å². The topological polar surface area (TPSA) is 52.1 Å². The molecule has 0 N–H and O–H groups in total. The monoisotopic (exact) mass is 208 g/mol. The lowest BCUT2D eigenvalue weighted by Gasteiger charge is -1.94. The molecule has 0 aliphatic carbocycles. The lowest BCUT2D eigenvalue weighted by molar-refractivity contribution is 0.0605. The highest BCUT2D eigenvalue weighted by Gasteiger charge is 2.15. The van der Waals surface area contributed by atoms with Gasteiger partial charge in [-0.2, -0.15) is 0 Å². The lowest BCUT2D eigenvalue weighted by Crippen LogP contribution is -1.99. The van der Waals surface area contributed by atoms with Gasteiger partial charge in [0.05, 0.1) is 7.11 Å². The number of fused-ring (bicyclic) bond motifs is 1. The van der Waals surface area contributed by atoms with Crippen molar-refractivity contribution in [3.8, 4) is 0 Å². The Morgan fingerprint density at radius 2 is 2.36 bits per heavy atom. The van der Waals surface area contributed by atoms with Gasteiger partial charge in [-0.15, -0.1) is 11.3 Å². The predicted molar refractivity (Wildman–Crippen MR) is 53.5 cm³/mol. The van der Waals surface area contributed by atoms with E-state index in [1.807, 2.05) is 6.92 Å². The van der Waals surface area contributed by atoms with Crippen LogP contribution in [0.1, 0.15) is 15.2 Å². The number of aryl methyl sites for hydroxylation is 1. The predicted octanol–water partition coefficient (Wildman–Crippen LogP) is 1.79. The molecule has 0 unspecified atom stereocenters. The molecule has 14 heavy (non-hydrogen) atoms. The summed E-state index contributed by atoms with van der Waals surface area (Å²) in [6.07, 6.45) is 3.18. The minimum atomic E-state index is -0.314. The van der Waals surface area contributed by atoms with E-state index in [9.17, 15) is 4.79 Å². The maximum Gasteiger partial charge on any atom is 0.348 e. The van der Waals surface area contributed by atoms with Crippen LogP contribution in [0.15, 0.2) is 12.5 Å². The van der Waals surface area contributed by atoms with E-state index in [2.05, 4.69) is 14.7 Å². The van der Waals surface area contributed by atoms with Gasteiger partial charge in [-0.3, -0.25) is 0 Å². The fourth-order valence-electron chi connectivity index (χ4n) is 1.24. The minimum absolute atomic E-state index is 0.314. The van der Waals surface area contributed by atoms with Crippen molar-refractivity contribution in [2.24, 2.45) is 0 Å². The van der Waals surface area contributed by atoms with Crippen molar-refractivity contribution in [2.75, 3.05) is 7.11 Å². The van der Waals surface area contributed by atoms with Crippen molar-refractivity contribution in [1.82, 2.24) is 9.97 Å². The SMILES string of the molecule is COC(=O)c1sc2ncncc2c1C. The zero-order chi connectivity index (χ0) is 10.1. The summed E-state index contributed by atoms with van der Waals surface area (Å²) in [6.45, 7) is 1.87. The van der Waals surface area contributed by atoms with E-state index in [1.54, 1.807) is 6.20 Å². The van der Waals surface area contributed by atoms with Gasteiger partial charge in [0.1, 0.15) is 16.0 Å². The highest BCUT2D eigenvalue weighted by atomic mass is 32.1. The number of rotatable bonds is 1. The molecular weight excluding hydrogens is 200 g/mol. The summed E-state index contributed by atoms with van der Waals surface area (Å²) in [6, 6.07) is 0. The Morgan fingerprint density at radius 1 is 1.57 bits per heavy atom. The first kappa shape index (κ1) is 9.08. The van der Waals surface area contributed by atoms with Gasteiger partial charge < -0.3 is 4.74 Å². The third-order valence-electron chi connectivity index (χ3n) is 1.99. The van der Waals surface area contributed by atoms with Crippen LogP contribution >= 0.6 is 11.3 Å². The van der Waals surface area contributed by atoms with E-state index in [0.717, 1.165) is 15.8 Å². The Kier molecular flexibility index (Phi) is 2.17. The fraction of sp³-hybridized carbons (Fsp3) is 0.222. The maximum atomic E-state index is 11.3. The Hall–Kier alpha value is -1.49. The van der Waals surface area contributed by atoms with E-state index in [4.69, 9.17) is 0 Å². The van der Waals surface area contributed by atoms with Crippen LogP contribution in [0.3, 0.4) is 0 Å². The van der Waals surface area contributed by atoms with E-state index >= 15 is 0 Å². The van der Waals surface area contributed by atoms with Crippen molar-refractivity contribution in [2.45, 2.75) is 6.92 Å². The van der Waals surface area contributed by atoms with E-state index in [1.165, 1.54) is 24.8 Å². The number of hydrogen-bond acceptors (Lipinski definition) is 5. The molecule has 0 amide bonds. The summed E-state index contributed by atoms with van der Waals surface area (Å²) in [7, 11) is 1.37. The zero-order valence-electron chi connectivity index (χ0n) is 7.77. The van der Waals surface area contributed by atoms with Crippen LogP contribution in [-0.2, 0) is 4.74 Å². The number of nitrogens with zero attached hydrogens (tertiary/aromatic N) is 2. The summed E-state index contributed by atoms with van der Waals surface area (Å²) in [5.74, 6) is -0.314. The fourth-order valence-corrected chi connectivity index (χ4v) is 2.28. The molecule has 2 aromatic heterocycles. The highest BCUT2D eigenvalue weighted by Crippen LogP contribution is 2.28. The summed E-state index contributed by atoms with van der Waals surface area (Å²) in [5, 5.41) is 0.915. The smallest absolute Gasteiger partial charge is 0.348 e. The third-order valence-corrected chi connectivity index (χ3v) is 3.19. The van der Waals surface area contributed by atoms with Gasteiger partial charge in [0.2, 0.25) is 0 Å². The average molecular weight is 208 g/mol. The Labute approximate surface area is 84.6 Å². The van der Waals surface area contributed by atoms with Crippen LogP contribution in [0.2, 0.25) is 0 Å². The average Bonchev–Trinajstić information content (AvgIpc) is 2.56. The van der Waals surface area contributed by atoms with Gasteiger partial charge in [0, 0.05) is 11.6 Å². The van der Waals surface area contributed by atoms with Crippen LogP contribution in [0.25, 0.3) is 10.2 Å². The zero-order valence-corrected chi connectivity index (χ0v) is 8.59. The van der Waals surface area contributed by atoms with Gasteiger partial charge >= 0.3 is 5.97 Å². The molecule has 0 atom stereocenters. The highest BCUT2D eigenvalue weighted by molar-refractivity contribution is 7.20. The summed E-state index contributed by atoms with van der Waals surface area (Å²) in [4.78, 5) is 20.8. The van der Waals surface area contributed by atoms with Gasteiger partial charge in [0.25, 0.3) is 0 Å². The van der Waals surface area contributed by atoms with Crippen molar-refractivity contribution in [1.29, 1.82) is 0 Å². The third kappa shape index (κ3) is 1.26. The largest absolute Gasteiger partial charge is 0.465 e. The van der Waals surface area contributed by atoms with E-state index in [0.29, 0.717) is 4.88 Å². The lowest BCUT2D eigenvalue weighted by atomic mass is 10.2. The molecule has 72 valence electrons. The van der Waals surface area contributed by atoms with Crippen LogP contribution in [-0.4, -0.2) is 23.0 Å². The minimum Gasteiger partial charge on any atom is -0.465 e. The van der Waals surface area contributed by atoms with Crippen LogP contribution in [0.5, 0.6) is 0 Å². The Bertz CT molecular complexity index is 493. The number of hydrogen-bond donors (Lipinski definition) is 0. The normalized spacial score (nSPS) is 10.4. The molecule has 0 aliphatic heterocycles. The molecule has 5 heteroatoms. The van der Waals surface area contributed by atoms with Crippen molar-refractivity contribution in [3.63, 3.8) is 0 Å².